The van der Waals surface area contributed by atoms with Crippen LogP contribution in [-0.2, 0) is 0 Å². The van der Waals surface area contributed by atoms with Crippen LogP contribution in [0.25, 0.3) is 0 Å². The van der Waals surface area contributed by atoms with Crippen LogP contribution in [0.1, 0.15) is 24.1 Å². The van der Waals surface area contributed by atoms with Gasteiger partial charge in [-0.15, -0.1) is 0 Å². The van der Waals surface area contributed by atoms with Gasteiger partial charge in [0.25, 0.3) is 0 Å². The third kappa shape index (κ3) is 3.27. The summed E-state index contributed by atoms with van der Waals surface area (Å²) >= 11 is 0. The quantitative estimate of drug-likeness (QED) is 0.889. The molecular weight excluding hydrogens is 269 g/mol. The van der Waals surface area contributed by atoms with Crippen molar-refractivity contribution in [3.05, 3.63) is 53.3 Å². The predicted octanol–water partition coefficient (Wildman–Crippen LogP) is 4.32. The number of benzene rings is 2. The van der Waals surface area contributed by atoms with E-state index in [-0.39, 0.29) is 11.9 Å². The highest BCUT2D eigenvalue weighted by atomic mass is 19.1. The lowest BCUT2D eigenvalue weighted by Crippen LogP contribution is -2.09. The SMILES string of the molecule is COc1ccc(C(C)Nc2c(C)cccc2F)cc1OC. The number of rotatable bonds is 5. The Kier molecular flexibility index (Phi) is 4.68. The summed E-state index contributed by atoms with van der Waals surface area (Å²) in [5, 5.41) is 3.21. The molecule has 0 aliphatic heterocycles. The van der Waals surface area contributed by atoms with E-state index in [4.69, 9.17) is 9.47 Å². The summed E-state index contributed by atoms with van der Waals surface area (Å²) < 4.78 is 24.4. The van der Waals surface area contributed by atoms with Crippen LogP contribution >= 0.6 is 0 Å². The first-order chi connectivity index (χ1) is 10.1. The van der Waals surface area contributed by atoms with Crippen molar-refractivity contribution in [2.45, 2.75) is 19.9 Å². The van der Waals surface area contributed by atoms with Gasteiger partial charge < -0.3 is 14.8 Å². The van der Waals surface area contributed by atoms with E-state index in [1.54, 1.807) is 20.3 Å². The van der Waals surface area contributed by atoms with Crippen molar-refractivity contribution < 1.29 is 13.9 Å². The van der Waals surface area contributed by atoms with Gasteiger partial charge in [0.05, 0.1) is 19.9 Å². The van der Waals surface area contributed by atoms with Gasteiger partial charge in [0, 0.05) is 6.04 Å². The minimum atomic E-state index is -0.248. The van der Waals surface area contributed by atoms with Crippen molar-refractivity contribution in [1.82, 2.24) is 0 Å². The molecular formula is C17H20FNO2. The van der Waals surface area contributed by atoms with Crippen LogP contribution in [0.4, 0.5) is 10.1 Å². The molecule has 0 spiro atoms. The first-order valence-electron chi connectivity index (χ1n) is 6.80. The van der Waals surface area contributed by atoms with Crippen LogP contribution in [0.15, 0.2) is 36.4 Å². The molecule has 0 saturated heterocycles. The first kappa shape index (κ1) is 15.2. The minimum absolute atomic E-state index is 0.0552. The average molecular weight is 289 g/mol. The van der Waals surface area contributed by atoms with Gasteiger partial charge in [0.2, 0.25) is 0 Å². The molecule has 21 heavy (non-hydrogen) atoms. The second kappa shape index (κ2) is 6.48. The first-order valence-corrected chi connectivity index (χ1v) is 6.80. The van der Waals surface area contributed by atoms with Gasteiger partial charge in [-0.05, 0) is 43.2 Å². The number of nitrogens with one attached hydrogen (secondary N) is 1. The Morgan fingerprint density at radius 1 is 1.05 bits per heavy atom. The van der Waals surface area contributed by atoms with Crippen molar-refractivity contribution in [2.75, 3.05) is 19.5 Å². The minimum Gasteiger partial charge on any atom is -0.493 e. The molecule has 4 heteroatoms. The molecule has 1 unspecified atom stereocenters. The van der Waals surface area contributed by atoms with E-state index in [1.165, 1.54) is 6.07 Å². The van der Waals surface area contributed by atoms with Crippen LogP contribution in [0, 0.1) is 12.7 Å². The summed E-state index contributed by atoms with van der Waals surface area (Å²) in [6, 6.07) is 10.7. The van der Waals surface area contributed by atoms with Crippen LogP contribution < -0.4 is 14.8 Å². The number of anilines is 1. The Morgan fingerprint density at radius 2 is 1.76 bits per heavy atom. The number of aryl methyl sites for hydroxylation is 1. The normalized spacial score (nSPS) is 11.9. The van der Waals surface area contributed by atoms with E-state index in [2.05, 4.69) is 5.32 Å². The fourth-order valence-corrected chi connectivity index (χ4v) is 2.24. The van der Waals surface area contributed by atoms with E-state index in [0.717, 1.165) is 11.1 Å². The van der Waals surface area contributed by atoms with Crippen molar-refractivity contribution in [1.29, 1.82) is 0 Å². The zero-order valence-electron chi connectivity index (χ0n) is 12.7. The molecule has 0 radical (unpaired) electrons. The van der Waals surface area contributed by atoms with Gasteiger partial charge in [0.1, 0.15) is 5.82 Å². The van der Waals surface area contributed by atoms with Gasteiger partial charge in [-0.3, -0.25) is 0 Å². The molecule has 3 nitrogen and oxygen atoms in total. The maximum atomic E-state index is 13.9. The summed E-state index contributed by atoms with van der Waals surface area (Å²) in [5.74, 6) is 1.09. The van der Waals surface area contributed by atoms with Crippen molar-refractivity contribution in [2.24, 2.45) is 0 Å². The van der Waals surface area contributed by atoms with Crippen LogP contribution in [0.2, 0.25) is 0 Å². The van der Waals surface area contributed by atoms with Crippen molar-refractivity contribution in [3.63, 3.8) is 0 Å². The summed E-state index contributed by atoms with van der Waals surface area (Å²) in [6.45, 7) is 3.86. The Labute approximate surface area is 124 Å². The lowest BCUT2D eigenvalue weighted by atomic mass is 10.1. The molecule has 0 saturated carbocycles. The number of para-hydroxylation sites is 1. The fourth-order valence-electron chi connectivity index (χ4n) is 2.24. The van der Waals surface area contributed by atoms with Crippen LogP contribution in [0.5, 0.6) is 11.5 Å². The van der Waals surface area contributed by atoms with Gasteiger partial charge in [-0.2, -0.15) is 0 Å². The molecule has 2 aromatic rings. The predicted molar refractivity (Wildman–Crippen MR) is 82.7 cm³/mol. The molecule has 0 aliphatic rings. The smallest absolute Gasteiger partial charge is 0.161 e. The zero-order chi connectivity index (χ0) is 15.4. The summed E-state index contributed by atoms with van der Waals surface area (Å²) in [5.41, 5.74) is 2.40. The summed E-state index contributed by atoms with van der Waals surface area (Å²) in [7, 11) is 3.20. The third-order valence-corrected chi connectivity index (χ3v) is 3.49. The molecule has 2 aromatic carbocycles. The molecule has 0 amide bonds. The molecule has 0 aliphatic carbocycles. The number of methoxy groups -OCH3 is 2. The third-order valence-electron chi connectivity index (χ3n) is 3.49. The molecule has 2 rings (SSSR count). The maximum Gasteiger partial charge on any atom is 0.161 e. The fraction of sp³-hybridized carbons (Fsp3) is 0.294. The molecule has 0 fully saturated rings. The van der Waals surface area contributed by atoms with E-state index >= 15 is 0 Å². The van der Waals surface area contributed by atoms with E-state index in [1.807, 2.05) is 38.1 Å². The van der Waals surface area contributed by atoms with Gasteiger partial charge in [-0.1, -0.05) is 18.2 Å². The van der Waals surface area contributed by atoms with E-state index < -0.39 is 0 Å². The van der Waals surface area contributed by atoms with Gasteiger partial charge in [0.15, 0.2) is 11.5 Å². The summed E-state index contributed by atoms with van der Waals surface area (Å²) in [6.07, 6.45) is 0. The van der Waals surface area contributed by atoms with Gasteiger partial charge >= 0.3 is 0 Å². The lowest BCUT2D eigenvalue weighted by Gasteiger charge is -2.19. The number of halogens is 1. The molecule has 1 atom stereocenters. The van der Waals surface area contributed by atoms with Crippen molar-refractivity contribution in [3.8, 4) is 11.5 Å². The van der Waals surface area contributed by atoms with E-state index in [0.29, 0.717) is 17.2 Å². The molecule has 112 valence electrons. The molecule has 0 aromatic heterocycles. The van der Waals surface area contributed by atoms with Crippen molar-refractivity contribution >= 4 is 5.69 Å². The largest absolute Gasteiger partial charge is 0.493 e. The number of hydrogen-bond acceptors (Lipinski definition) is 3. The topological polar surface area (TPSA) is 30.5 Å². The second-order valence-electron chi connectivity index (χ2n) is 4.91. The lowest BCUT2D eigenvalue weighted by molar-refractivity contribution is 0.354. The Morgan fingerprint density at radius 3 is 2.38 bits per heavy atom. The number of hydrogen-bond donors (Lipinski definition) is 1. The zero-order valence-corrected chi connectivity index (χ0v) is 12.7. The Bertz CT molecular complexity index is 608. The molecule has 0 bridgehead atoms. The van der Waals surface area contributed by atoms with Crippen LogP contribution in [-0.4, -0.2) is 14.2 Å². The highest BCUT2D eigenvalue weighted by Crippen LogP contribution is 2.32. The Hall–Kier alpha value is -2.23. The second-order valence-corrected chi connectivity index (χ2v) is 4.91. The number of ether oxygens (including phenoxy) is 2. The molecule has 0 heterocycles. The highest BCUT2D eigenvalue weighted by Gasteiger charge is 2.13. The molecule has 1 N–H and O–H groups in total. The Balaban J connectivity index is 2.26. The standard InChI is InChI=1S/C17H20FNO2/c1-11-6-5-7-14(18)17(11)19-12(2)13-8-9-15(20-3)16(10-13)21-4/h5-10,12,19H,1-4H3. The van der Waals surface area contributed by atoms with E-state index in [9.17, 15) is 4.39 Å². The maximum absolute atomic E-state index is 13.9. The van der Waals surface area contributed by atoms with Gasteiger partial charge in [-0.25, -0.2) is 4.39 Å². The summed E-state index contributed by atoms with van der Waals surface area (Å²) in [4.78, 5) is 0. The monoisotopic (exact) mass is 289 g/mol. The highest BCUT2D eigenvalue weighted by molar-refractivity contribution is 5.54. The van der Waals surface area contributed by atoms with Crippen LogP contribution in [0.3, 0.4) is 0 Å². The average Bonchev–Trinajstić information content (AvgIpc) is 2.50.